The lowest BCUT2D eigenvalue weighted by Crippen LogP contribution is -2.50. The molecule has 0 unspecified atom stereocenters. The van der Waals surface area contributed by atoms with Crippen molar-refractivity contribution >= 4 is 28.8 Å². The number of nitrogens with one attached hydrogen (secondary N) is 3. The average molecular weight is 645 g/mol. The normalized spacial score (nSPS) is 13.6. The zero-order valence-electron chi connectivity index (χ0n) is 25.6. The van der Waals surface area contributed by atoms with Crippen LogP contribution in [0.2, 0.25) is 0 Å². The van der Waals surface area contributed by atoms with Crippen LogP contribution in [0.15, 0.2) is 79.4 Å². The van der Waals surface area contributed by atoms with Gasteiger partial charge in [-0.15, -0.1) is 0 Å². The molecule has 1 amide bonds. The molecule has 15 heteroatoms. The number of hydrogen-bond donors (Lipinski definition) is 5. The Morgan fingerprint density at radius 1 is 0.957 bits per heavy atom. The molecule has 6 N–H and O–H groups in total. The van der Waals surface area contributed by atoms with E-state index < -0.39 is 62.7 Å². The van der Waals surface area contributed by atoms with Gasteiger partial charge in [-0.05, 0) is 36.6 Å². The van der Waals surface area contributed by atoms with Gasteiger partial charge in [0.2, 0.25) is 5.91 Å². The molecule has 0 fully saturated rings. The first-order valence-corrected chi connectivity index (χ1v) is 15.0. The van der Waals surface area contributed by atoms with Crippen molar-refractivity contribution in [1.29, 1.82) is 0 Å². The summed E-state index contributed by atoms with van der Waals surface area (Å²) in [6, 6.07) is 12.9. The van der Waals surface area contributed by atoms with Crippen LogP contribution in [-0.2, 0) is 24.1 Å². The molecule has 15 nitrogen and oxygen atoms in total. The van der Waals surface area contributed by atoms with Gasteiger partial charge in [-0.3, -0.25) is 34.8 Å². The molecule has 0 spiro atoms. The number of nitrogens with two attached hydrogens (primary N) is 1. The van der Waals surface area contributed by atoms with Crippen LogP contribution in [0.25, 0.3) is 0 Å². The Labute approximate surface area is 269 Å². The number of nitrogens with zero attached hydrogens (tertiary/aromatic N) is 4. The smallest absolute Gasteiger partial charge is 0.310 e. The van der Waals surface area contributed by atoms with Crippen LogP contribution < -0.4 is 16.4 Å². The Morgan fingerprint density at radius 2 is 1.70 bits per heavy atom. The first-order valence-electron chi connectivity index (χ1n) is 15.0. The average Bonchev–Trinajstić information content (AvgIpc) is 3.57. The fourth-order valence-corrected chi connectivity index (χ4v) is 5.24. The van der Waals surface area contributed by atoms with Crippen LogP contribution >= 0.6 is 0 Å². The fraction of sp³-hybridized carbons (Fsp3) is 0.312. The van der Waals surface area contributed by atoms with E-state index in [1.165, 1.54) is 12.5 Å². The number of pyridine rings is 1. The topological polar surface area (TPSA) is 232 Å². The molecule has 2 heterocycles. The number of amides is 1. The highest BCUT2D eigenvalue weighted by molar-refractivity contribution is 6.10. The summed E-state index contributed by atoms with van der Waals surface area (Å²) in [6.45, 7) is 1.87. The predicted molar refractivity (Wildman–Crippen MR) is 173 cm³/mol. The van der Waals surface area contributed by atoms with E-state index in [4.69, 9.17) is 5.73 Å². The zero-order valence-corrected chi connectivity index (χ0v) is 25.6. The molecule has 0 saturated heterocycles. The van der Waals surface area contributed by atoms with Crippen LogP contribution in [0.4, 0.5) is 17.1 Å². The zero-order chi connectivity index (χ0) is 33.9. The van der Waals surface area contributed by atoms with Crippen molar-refractivity contribution in [3.8, 4) is 0 Å². The number of ketones is 1. The lowest BCUT2D eigenvalue weighted by atomic mass is 9.95. The maximum absolute atomic E-state index is 14.2. The van der Waals surface area contributed by atoms with Crippen molar-refractivity contribution < 1.29 is 24.5 Å². The molecule has 47 heavy (non-hydrogen) atoms. The Balaban J connectivity index is 1.75. The van der Waals surface area contributed by atoms with E-state index in [0.29, 0.717) is 24.2 Å². The Hall–Kier alpha value is -5.54. The number of carbonyl (C=O) groups excluding carboxylic acids is 2. The minimum Gasteiger partial charge on any atom is -0.391 e. The molecule has 4 atom stereocenters. The maximum Gasteiger partial charge on any atom is 0.310 e. The fourth-order valence-electron chi connectivity index (χ4n) is 5.24. The Bertz CT molecular complexity index is 1670. The van der Waals surface area contributed by atoms with E-state index in [0.717, 1.165) is 17.7 Å². The number of aliphatic hydroxyl groups excluding tert-OH is 1. The third-order valence-corrected chi connectivity index (χ3v) is 7.56. The van der Waals surface area contributed by atoms with Gasteiger partial charge >= 0.3 is 5.69 Å². The minimum atomic E-state index is -1.50. The molecule has 0 saturated carbocycles. The van der Waals surface area contributed by atoms with Crippen LogP contribution in [0.3, 0.4) is 0 Å². The van der Waals surface area contributed by atoms with Gasteiger partial charge in [0, 0.05) is 37.0 Å². The SMILES string of the molecule is CCC[C@H](O)[C@H](Cc1ccccn1)Nc1ccc([N+](=O)[O-])c(C(=O)[C@H](Cc2c[nH]cn2)NC(=O)[C@@H](N)Cc2ccccc2)c1[N+](=O)[O-]. The molecular formula is C32H36N8O7. The number of aromatic nitrogens is 3. The van der Waals surface area contributed by atoms with Crippen molar-refractivity contribution in [2.45, 2.75) is 63.3 Å². The number of benzene rings is 2. The summed E-state index contributed by atoms with van der Waals surface area (Å²) >= 11 is 0. The van der Waals surface area contributed by atoms with E-state index in [2.05, 4.69) is 25.6 Å². The van der Waals surface area contributed by atoms with Gasteiger partial charge in [-0.25, -0.2) is 4.98 Å². The molecule has 2 aromatic heterocycles. The van der Waals surface area contributed by atoms with Crippen LogP contribution in [-0.4, -0.2) is 65.8 Å². The number of imidazole rings is 1. The van der Waals surface area contributed by atoms with Crippen molar-refractivity contribution in [2.24, 2.45) is 5.73 Å². The number of nitro groups is 2. The molecule has 0 aliphatic rings. The molecular weight excluding hydrogens is 608 g/mol. The van der Waals surface area contributed by atoms with Gasteiger partial charge in [0.1, 0.15) is 5.69 Å². The van der Waals surface area contributed by atoms with E-state index >= 15 is 0 Å². The molecule has 4 rings (SSSR count). The monoisotopic (exact) mass is 644 g/mol. The van der Waals surface area contributed by atoms with Gasteiger partial charge < -0.3 is 26.5 Å². The number of nitro benzene ring substituents is 2. The van der Waals surface area contributed by atoms with Crippen molar-refractivity contribution in [1.82, 2.24) is 20.3 Å². The predicted octanol–water partition coefficient (Wildman–Crippen LogP) is 3.29. The van der Waals surface area contributed by atoms with E-state index in [-0.39, 0.29) is 24.9 Å². The molecule has 0 aliphatic carbocycles. The highest BCUT2D eigenvalue weighted by Crippen LogP contribution is 2.37. The van der Waals surface area contributed by atoms with Gasteiger partial charge in [0.15, 0.2) is 11.3 Å². The highest BCUT2D eigenvalue weighted by atomic mass is 16.6. The van der Waals surface area contributed by atoms with Gasteiger partial charge in [0.25, 0.3) is 5.69 Å². The van der Waals surface area contributed by atoms with Crippen LogP contribution in [0.5, 0.6) is 0 Å². The van der Waals surface area contributed by atoms with E-state index in [1.807, 2.05) is 13.0 Å². The first-order chi connectivity index (χ1) is 22.6. The van der Waals surface area contributed by atoms with Crippen molar-refractivity contribution in [2.75, 3.05) is 5.32 Å². The first kappa shape index (κ1) is 34.3. The second-order valence-corrected chi connectivity index (χ2v) is 11.0. The molecule has 2 aromatic carbocycles. The van der Waals surface area contributed by atoms with Crippen LogP contribution in [0.1, 0.15) is 47.1 Å². The molecule has 4 aromatic rings. The standard InChI is InChI=1S/C32H36N8O7/c1-2-8-28(41)25(16-21-11-6-7-14-35-21)37-24-12-13-27(39(44)45)29(30(24)40(46)47)31(42)26(17-22-18-34-19-36-22)38-32(43)23(33)15-20-9-4-3-5-10-20/h3-7,9-14,18-19,23,25-26,28,37,41H,2,8,15-17,33H2,1H3,(H,34,36)(H,38,43)/t23-,25-,26-,28-/m0/s1. The molecule has 0 bridgehead atoms. The van der Waals surface area contributed by atoms with Crippen molar-refractivity contribution in [3.05, 3.63) is 122 Å². The third-order valence-electron chi connectivity index (χ3n) is 7.56. The number of anilines is 1. The van der Waals surface area contributed by atoms with E-state index in [9.17, 15) is 34.9 Å². The number of aliphatic hydroxyl groups is 1. The maximum atomic E-state index is 14.2. The van der Waals surface area contributed by atoms with E-state index in [1.54, 1.807) is 48.7 Å². The van der Waals surface area contributed by atoms with Crippen molar-refractivity contribution in [3.63, 3.8) is 0 Å². The quantitative estimate of drug-likeness (QED) is 0.0635. The summed E-state index contributed by atoms with van der Waals surface area (Å²) in [4.78, 5) is 61.6. The summed E-state index contributed by atoms with van der Waals surface area (Å²) in [6.07, 6.45) is 4.41. The summed E-state index contributed by atoms with van der Waals surface area (Å²) in [5.41, 5.74) is 5.11. The summed E-state index contributed by atoms with van der Waals surface area (Å²) in [5.74, 6) is -1.81. The highest BCUT2D eigenvalue weighted by Gasteiger charge is 2.39. The number of aromatic amines is 1. The Morgan fingerprint density at radius 3 is 2.32 bits per heavy atom. The Kier molecular flexibility index (Phi) is 11.8. The van der Waals surface area contributed by atoms with Gasteiger partial charge in [-0.2, -0.15) is 0 Å². The number of rotatable bonds is 17. The van der Waals surface area contributed by atoms with Gasteiger partial charge in [0.05, 0.1) is 46.1 Å². The van der Waals surface area contributed by atoms with Gasteiger partial charge in [-0.1, -0.05) is 49.7 Å². The summed E-state index contributed by atoms with van der Waals surface area (Å²) in [5, 5.41) is 41.3. The second-order valence-electron chi connectivity index (χ2n) is 11.0. The number of Topliss-reactive ketones (excluding diaryl/α,β-unsaturated/α-hetero) is 1. The third kappa shape index (κ3) is 9.02. The molecule has 246 valence electrons. The summed E-state index contributed by atoms with van der Waals surface area (Å²) < 4.78 is 0. The lowest BCUT2D eigenvalue weighted by molar-refractivity contribution is -0.394. The minimum absolute atomic E-state index is 0.132. The number of H-pyrrole nitrogens is 1. The number of hydrogen-bond acceptors (Lipinski definition) is 11. The number of carbonyl (C=O) groups is 2. The molecule has 0 aliphatic heterocycles. The largest absolute Gasteiger partial charge is 0.391 e. The lowest BCUT2D eigenvalue weighted by Gasteiger charge is -2.25. The summed E-state index contributed by atoms with van der Waals surface area (Å²) in [7, 11) is 0. The van der Waals surface area contributed by atoms with Crippen LogP contribution in [0, 0.1) is 20.2 Å². The second kappa shape index (κ2) is 16.1. The molecule has 0 radical (unpaired) electrons.